The molecule has 0 aliphatic carbocycles. The molecule has 0 aromatic heterocycles. The van der Waals surface area contributed by atoms with Crippen LogP contribution in [0.2, 0.25) is 5.02 Å². The van der Waals surface area contributed by atoms with Gasteiger partial charge in [-0.2, -0.15) is 0 Å². The first-order valence-corrected chi connectivity index (χ1v) is 7.77. The van der Waals surface area contributed by atoms with Crippen LogP contribution in [0.15, 0.2) is 24.3 Å². The highest BCUT2D eigenvalue weighted by Crippen LogP contribution is 2.36. The van der Waals surface area contributed by atoms with Crippen LogP contribution in [-0.2, 0) is 6.42 Å². The maximum atomic E-state index is 6.35. The predicted molar refractivity (Wildman–Crippen MR) is 83.8 cm³/mol. The van der Waals surface area contributed by atoms with E-state index < -0.39 is 0 Å². The molecule has 1 N–H and O–H groups in total. The summed E-state index contributed by atoms with van der Waals surface area (Å²) in [4.78, 5) is 0. The van der Waals surface area contributed by atoms with Gasteiger partial charge in [0.1, 0.15) is 0 Å². The van der Waals surface area contributed by atoms with Gasteiger partial charge in [-0.05, 0) is 49.3 Å². The summed E-state index contributed by atoms with van der Waals surface area (Å²) < 4.78 is 0. The topological polar surface area (TPSA) is 12.0 Å². The number of halogens is 1. The number of nitrogens with one attached hydrogen (secondary N) is 1. The third-order valence-electron chi connectivity index (χ3n) is 3.94. The second kappa shape index (κ2) is 5.85. The van der Waals surface area contributed by atoms with E-state index in [0.717, 1.165) is 18.0 Å². The van der Waals surface area contributed by atoms with E-state index in [1.807, 2.05) is 12.1 Å². The average molecular weight is 280 g/mol. The van der Waals surface area contributed by atoms with Crippen molar-refractivity contribution in [2.45, 2.75) is 58.4 Å². The monoisotopic (exact) mass is 279 g/mol. The summed E-state index contributed by atoms with van der Waals surface area (Å²) in [6.45, 7) is 8.13. The molecule has 0 amide bonds. The van der Waals surface area contributed by atoms with E-state index in [1.165, 1.54) is 31.2 Å². The molecule has 1 fully saturated rings. The van der Waals surface area contributed by atoms with Gasteiger partial charge in [0.25, 0.3) is 0 Å². The first kappa shape index (κ1) is 14.9. The van der Waals surface area contributed by atoms with Gasteiger partial charge in [0, 0.05) is 10.6 Å². The summed E-state index contributed by atoms with van der Waals surface area (Å²) in [7, 11) is 0. The van der Waals surface area contributed by atoms with Crippen LogP contribution in [0.5, 0.6) is 0 Å². The van der Waals surface area contributed by atoms with Crippen molar-refractivity contribution in [1.82, 2.24) is 5.32 Å². The third kappa shape index (κ3) is 4.22. The number of hydrogen-bond donors (Lipinski definition) is 1. The molecule has 0 bridgehead atoms. The third-order valence-corrected chi connectivity index (χ3v) is 4.31. The smallest absolute Gasteiger partial charge is 0.0438 e. The SMILES string of the molecule is CC(C)(C)CC1(Cc2ccccc2Cl)CCCCN1. The first-order valence-electron chi connectivity index (χ1n) is 7.39. The lowest BCUT2D eigenvalue weighted by Gasteiger charge is -2.43. The Morgan fingerprint density at radius 3 is 2.53 bits per heavy atom. The van der Waals surface area contributed by atoms with Gasteiger partial charge in [0.05, 0.1) is 0 Å². The number of rotatable bonds is 3. The second-order valence-corrected chi connectivity index (χ2v) is 7.58. The van der Waals surface area contributed by atoms with Crippen molar-refractivity contribution in [3.05, 3.63) is 34.9 Å². The Bertz CT molecular complexity index is 414. The lowest BCUT2D eigenvalue weighted by atomic mass is 9.72. The molecule has 2 rings (SSSR count). The highest BCUT2D eigenvalue weighted by molar-refractivity contribution is 6.31. The fraction of sp³-hybridized carbons (Fsp3) is 0.647. The summed E-state index contributed by atoms with van der Waals surface area (Å²) in [5.74, 6) is 0. The lowest BCUT2D eigenvalue weighted by molar-refractivity contribution is 0.168. The molecule has 106 valence electrons. The van der Waals surface area contributed by atoms with Gasteiger partial charge in [-0.3, -0.25) is 0 Å². The molecule has 1 atom stereocenters. The van der Waals surface area contributed by atoms with Crippen LogP contribution in [0.1, 0.15) is 52.0 Å². The molecule has 1 aromatic carbocycles. The summed E-state index contributed by atoms with van der Waals surface area (Å²) >= 11 is 6.35. The molecule has 1 saturated heterocycles. The molecule has 1 aromatic rings. The average Bonchev–Trinajstić information content (AvgIpc) is 2.31. The van der Waals surface area contributed by atoms with E-state index in [-0.39, 0.29) is 5.54 Å². The van der Waals surface area contributed by atoms with Crippen LogP contribution in [0.4, 0.5) is 0 Å². The highest BCUT2D eigenvalue weighted by atomic mass is 35.5. The van der Waals surface area contributed by atoms with E-state index in [4.69, 9.17) is 11.6 Å². The zero-order valence-electron chi connectivity index (χ0n) is 12.4. The molecule has 1 aliphatic rings. The Morgan fingerprint density at radius 2 is 1.95 bits per heavy atom. The Balaban J connectivity index is 2.21. The fourth-order valence-electron chi connectivity index (χ4n) is 3.42. The Morgan fingerprint density at radius 1 is 1.21 bits per heavy atom. The maximum absolute atomic E-state index is 6.35. The molecule has 1 nitrogen and oxygen atoms in total. The number of piperidine rings is 1. The minimum absolute atomic E-state index is 0.224. The van der Waals surface area contributed by atoms with E-state index in [2.05, 4.69) is 38.2 Å². The molecule has 0 spiro atoms. The van der Waals surface area contributed by atoms with Crippen LogP contribution < -0.4 is 5.32 Å². The van der Waals surface area contributed by atoms with Crippen molar-refractivity contribution in [3.8, 4) is 0 Å². The molecule has 1 unspecified atom stereocenters. The van der Waals surface area contributed by atoms with E-state index in [9.17, 15) is 0 Å². The van der Waals surface area contributed by atoms with Gasteiger partial charge >= 0.3 is 0 Å². The molecule has 0 radical (unpaired) electrons. The number of hydrogen-bond acceptors (Lipinski definition) is 1. The zero-order valence-corrected chi connectivity index (χ0v) is 13.2. The van der Waals surface area contributed by atoms with Crippen molar-refractivity contribution < 1.29 is 0 Å². The molecule has 0 saturated carbocycles. The van der Waals surface area contributed by atoms with Gasteiger partial charge in [-0.1, -0.05) is 57.0 Å². The van der Waals surface area contributed by atoms with Crippen LogP contribution in [0, 0.1) is 5.41 Å². The Kier molecular flexibility index (Phi) is 4.58. The minimum Gasteiger partial charge on any atom is -0.311 e. The maximum Gasteiger partial charge on any atom is 0.0438 e. The number of benzene rings is 1. The Labute approximate surface area is 122 Å². The minimum atomic E-state index is 0.224. The molecular weight excluding hydrogens is 254 g/mol. The second-order valence-electron chi connectivity index (χ2n) is 7.17. The van der Waals surface area contributed by atoms with Crippen LogP contribution >= 0.6 is 11.6 Å². The molecule has 2 heteroatoms. The van der Waals surface area contributed by atoms with Crippen LogP contribution in [0.25, 0.3) is 0 Å². The zero-order chi connectivity index (χ0) is 13.9. The van der Waals surface area contributed by atoms with Crippen molar-refractivity contribution in [3.63, 3.8) is 0 Å². The quantitative estimate of drug-likeness (QED) is 0.835. The first-order chi connectivity index (χ1) is 8.90. The van der Waals surface area contributed by atoms with Crippen molar-refractivity contribution in [1.29, 1.82) is 0 Å². The predicted octanol–water partition coefficient (Wildman–Crippen LogP) is 4.83. The van der Waals surface area contributed by atoms with Crippen molar-refractivity contribution in [2.75, 3.05) is 6.54 Å². The van der Waals surface area contributed by atoms with E-state index in [1.54, 1.807) is 0 Å². The largest absolute Gasteiger partial charge is 0.311 e. The van der Waals surface area contributed by atoms with Crippen LogP contribution in [-0.4, -0.2) is 12.1 Å². The van der Waals surface area contributed by atoms with E-state index >= 15 is 0 Å². The molecular formula is C17H26ClN. The normalized spacial score (nSPS) is 24.4. The summed E-state index contributed by atoms with van der Waals surface area (Å²) in [6.07, 6.45) is 6.13. The molecule has 1 aliphatic heterocycles. The highest BCUT2D eigenvalue weighted by Gasteiger charge is 2.35. The fourth-order valence-corrected chi connectivity index (χ4v) is 3.62. The van der Waals surface area contributed by atoms with Crippen molar-refractivity contribution >= 4 is 11.6 Å². The van der Waals surface area contributed by atoms with Gasteiger partial charge in [-0.25, -0.2) is 0 Å². The van der Waals surface area contributed by atoms with Gasteiger partial charge in [0.2, 0.25) is 0 Å². The summed E-state index contributed by atoms with van der Waals surface area (Å²) in [5.41, 5.74) is 1.84. The Hall–Kier alpha value is -0.530. The molecule has 19 heavy (non-hydrogen) atoms. The summed E-state index contributed by atoms with van der Waals surface area (Å²) in [6, 6.07) is 8.28. The van der Waals surface area contributed by atoms with Gasteiger partial charge in [0.15, 0.2) is 0 Å². The van der Waals surface area contributed by atoms with Crippen LogP contribution in [0.3, 0.4) is 0 Å². The van der Waals surface area contributed by atoms with Gasteiger partial charge in [-0.15, -0.1) is 0 Å². The standard InChI is InChI=1S/C17H26ClN/c1-16(2,3)13-17(10-6-7-11-19-17)12-14-8-4-5-9-15(14)18/h4-5,8-9,19H,6-7,10-13H2,1-3H3. The summed E-state index contributed by atoms with van der Waals surface area (Å²) in [5, 5.41) is 4.71. The molecule has 1 heterocycles. The lowest BCUT2D eigenvalue weighted by Crippen LogP contribution is -2.52. The van der Waals surface area contributed by atoms with Gasteiger partial charge < -0.3 is 5.32 Å². The van der Waals surface area contributed by atoms with Crippen molar-refractivity contribution in [2.24, 2.45) is 5.41 Å². The van der Waals surface area contributed by atoms with E-state index in [0.29, 0.717) is 5.41 Å².